The predicted molar refractivity (Wildman–Crippen MR) is 112 cm³/mol. The molecule has 0 spiro atoms. The highest BCUT2D eigenvalue weighted by molar-refractivity contribution is 6.32. The topological polar surface area (TPSA) is 30.5 Å². The average Bonchev–Trinajstić information content (AvgIpc) is 2.71. The maximum absolute atomic E-state index is 6.10. The van der Waals surface area contributed by atoms with Crippen LogP contribution in [0.2, 0.25) is 5.02 Å². The van der Waals surface area contributed by atoms with Gasteiger partial charge in [-0.15, -0.1) is 0 Å². The Labute approximate surface area is 165 Å². The van der Waals surface area contributed by atoms with Gasteiger partial charge in [0.2, 0.25) is 0 Å². The van der Waals surface area contributed by atoms with Crippen molar-refractivity contribution in [1.82, 2.24) is 0 Å². The van der Waals surface area contributed by atoms with E-state index in [9.17, 15) is 0 Å². The van der Waals surface area contributed by atoms with Crippen molar-refractivity contribution in [3.05, 3.63) is 89.4 Å². The Morgan fingerprint density at radius 3 is 2.19 bits per heavy atom. The van der Waals surface area contributed by atoms with Crippen molar-refractivity contribution in [1.29, 1.82) is 0 Å². The lowest BCUT2D eigenvalue weighted by Gasteiger charge is -2.14. The highest BCUT2D eigenvalue weighted by Gasteiger charge is 2.04. The molecule has 0 amide bonds. The molecule has 3 aromatic rings. The van der Waals surface area contributed by atoms with Crippen LogP contribution in [-0.2, 0) is 6.42 Å². The molecule has 0 saturated heterocycles. The minimum Gasteiger partial charge on any atom is -0.491 e. The van der Waals surface area contributed by atoms with E-state index in [0.29, 0.717) is 30.5 Å². The summed E-state index contributed by atoms with van der Waals surface area (Å²) in [6.45, 7) is 1.87. The van der Waals surface area contributed by atoms with Gasteiger partial charge in [0.15, 0.2) is 0 Å². The molecule has 0 aromatic heterocycles. The van der Waals surface area contributed by atoms with E-state index >= 15 is 0 Å². The molecule has 0 saturated carbocycles. The van der Waals surface area contributed by atoms with Gasteiger partial charge in [-0.05, 0) is 42.7 Å². The first-order chi connectivity index (χ1) is 13.3. The fourth-order valence-electron chi connectivity index (χ4n) is 2.75. The lowest BCUT2D eigenvalue weighted by atomic mass is 10.1. The summed E-state index contributed by atoms with van der Waals surface area (Å²) in [5.41, 5.74) is 2.31. The van der Waals surface area contributed by atoms with Crippen molar-refractivity contribution in [2.75, 3.05) is 25.1 Å². The Bertz CT molecular complexity index is 823. The zero-order valence-electron chi connectivity index (χ0n) is 15.2. The predicted octanol–water partition coefficient (Wildman–Crippen LogP) is 5.84. The van der Waals surface area contributed by atoms with E-state index in [2.05, 4.69) is 29.6 Å². The molecule has 0 aliphatic rings. The van der Waals surface area contributed by atoms with Gasteiger partial charge in [0.25, 0.3) is 0 Å². The molecule has 140 valence electrons. The van der Waals surface area contributed by atoms with Crippen LogP contribution in [0, 0.1) is 0 Å². The second-order valence-corrected chi connectivity index (χ2v) is 6.55. The zero-order valence-corrected chi connectivity index (χ0v) is 16.0. The maximum atomic E-state index is 6.10. The molecule has 0 unspecified atom stereocenters. The molecule has 0 aliphatic heterocycles. The number of halogens is 1. The summed E-state index contributed by atoms with van der Waals surface area (Å²) in [5, 5.41) is 3.99. The van der Waals surface area contributed by atoms with Crippen LogP contribution in [0.25, 0.3) is 0 Å². The van der Waals surface area contributed by atoms with Crippen LogP contribution in [0.5, 0.6) is 11.5 Å². The lowest BCUT2D eigenvalue weighted by molar-refractivity contribution is 0.311. The van der Waals surface area contributed by atoms with Gasteiger partial charge in [-0.1, -0.05) is 66.2 Å². The molecule has 3 nitrogen and oxygen atoms in total. The van der Waals surface area contributed by atoms with Gasteiger partial charge in [0.05, 0.1) is 17.3 Å². The second-order valence-electron chi connectivity index (χ2n) is 6.14. The summed E-state index contributed by atoms with van der Waals surface area (Å²) in [6, 6.07) is 25.9. The minimum atomic E-state index is 0.520. The molecular formula is C23H24ClNO2. The van der Waals surface area contributed by atoms with Crippen LogP contribution in [0.4, 0.5) is 5.69 Å². The quantitative estimate of drug-likeness (QED) is 0.447. The van der Waals surface area contributed by atoms with Crippen molar-refractivity contribution >= 4 is 17.3 Å². The third-order valence-electron chi connectivity index (χ3n) is 4.11. The monoisotopic (exact) mass is 381 g/mol. The van der Waals surface area contributed by atoms with Gasteiger partial charge in [-0.3, -0.25) is 0 Å². The number of aryl methyl sites for hydroxylation is 1. The molecule has 0 aliphatic carbocycles. The standard InChI is InChI=1S/C23H24ClNO2/c24-20-12-4-6-14-22(20)27-18-16-25-21-13-5-7-15-23(21)26-17-8-11-19-9-2-1-3-10-19/h1-7,9-10,12-15,25H,8,11,16-18H2. The Morgan fingerprint density at radius 1 is 0.704 bits per heavy atom. The van der Waals surface area contributed by atoms with Crippen LogP contribution in [-0.4, -0.2) is 19.8 Å². The minimum absolute atomic E-state index is 0.520. The van der Waals surface area contributed by atoms with Crippen molar-refractivity contribution in [3.8, 4) is 11.5 Å². The van der Waals surface area contributed by atoms with Crippen LogP contribution < -0.4 is 14.8 Å². The lowest BCUT2D eigenvalue weighted by Crippen LogP contribution is -2.12. The van der Waals surface area contributed by atoms with Gasteiger partial charge in [-0.25, -0.2) is 0 Å². The van der Waals surface area contributed by atoms with Crippen LogP contribution in [0.3, 0.4) is 0 Å². The van der Waals surface area contributed by atoms with Gasteiger partial charge in [0, 0.05) is 6.54 Å². The smallest absolute Gasteiger partial charge is 0.142 e. The van der Waals surface area contributed by atoms with E-state index in [0.717, 1.165) is 24.3 Å². The van der Waals surface area contributed by atoms with Gasteiger partial charge in [-0.2, -0.15) is 0 Å². The molecule has 3 aromatic carbocycles. The van der Waals surface area contributed by atoms with Gasteiger partial charge < -0.3 is 14.8 Å². The zero-order chi connectivity index (χ0) is 18.7. The SMILES string of the molecule is Clc1ccccc1OCCNc1ccccc1OCCCc1ccccc1. The number of anilines is 1. The number of benzene rings is 3. The maximum Gasteiger partial charge on any atom is 0.142 e. The fourth-order valence-corrected chi connectivity index (χ4v) is 2.94. The highest BCUT2D eigenvalue weighted by Crippen LogP contribution is 2.25. The third-order valence-corrected chi connectivity index (χ3v) is 4.42. The van der Waals surface area contributed by atoms with Gasteiger partial charge >= 0.3 is 0 Å². The molecule has 0 radical (unpaired) electrons. The summed E-state index contributed by atoms with van der Waals surface area (Å²) in [7, 11) is 0. The van der Waals surface area contributed by atoms with E-state index in [-0.39, 0.29) is 0 Å². The highest BCUT2D eigenvalue weighted by atomic mass is 35.5. The first kappa shape index (κ1) is 19.1. The number of nitrogens with one attached hydrogen (secondary N) is 1. The first-order valence-electron chi connectivity index (χ1n) is 9.20. The van der Waals surface area contributed by atoms with Crippen molar-refractivity contribution in [2.45, 2.75) is 12.8 Å². The first-order valence-corrected chi connectivity index (χ1v) is 9.58. The number of hydrogen-bond donors (Lipinski definition) is 1. The summed E-state index contributed by atoms with van der Waals surface area (Å²) in [4.78, 5) is 0. The summed E-state index contributed by atoms with van der Waals surface area (Å²) in [5.74, 6) is 1.56. The average molecular weight is 382 g/mol. The fraction of sp³-hybridized carbons (Fsp3) is 0.217. The Morgan fingerprint density at radius 2 is 1.37 bits per heavy atom. The summed E-state index contributed by atoms with van der Waals surface area (Å²) >= 11 is 6.10. The molecule has 0 fully saturated rings. The molecule has 0 atom stereocenters. The van der Waals surface area contributed by atoms with Crippen LogP contribution >= 0.6 is 11.6 Å². The van der Waals surface area contributed by atoms with Crippen molar-refractivity contribution in [2.24, 2.45) is 0 Å². The normalized spacial score (nSPS) is 10.4. The molecule has 1 N–H and O–H groups in total. The van der Waals surface area contributed by atoms with Crippen LogP contribution in [0.15, 0.2) is 78.9 Å². The number of rotatable bonds is 10. The number of ether oxygens (including phenoxy) is 2. The largest absolute Gasteiger partial charge is 0.491 e. The summed E-state index contributed by atoms with van der Waals surface area (Å²) < 4.78 is 11.7. The third kappa shape index (κ3) is 6.22. The van der Waals surface area contributed by atoms with Crippen molar-refractivity contribution in [3.63, 3.8) is 0 Å². The summed E-state index contributed by atoms with van der Waals surface area (Å²) in [6.07, 6.45) is 2.00. The molecule has 4 heteroatoms. The number of para-hydroxylation sites is 3. The Hall–Kier alpha value is -2.65. The second kappa shape index (κ2) is 10.5. The number of hydrogen-bond acceptors (Lipinski definition) is 3. The van der Waals surface area contributed by atoms with E-state index in [4.69, 9.17) is 21.1 Å². The van der Waals surface area contributed by atoms with E-state index in [1.807, 2.05) is 54.6 Å². The molecule has 27 heavy (non-hydrogen) atoms. The Kier molecular flexibility index (Phi) is 7.43. The van der Waals surface area contributed by atoms with E-state index in [1.54, 1.807) is 0 Å². The Balaban J connectivity index is 1.42. The molecule has 0 bridgehead atoms. The molecule has 3 rings (SSSR count). The molecule has 0 heterocycles. The molecular weight excluding hydrogens is 358 g/mol. The van der Waals surface area contributed by atoms with Gasteiger partial charge in [0.1, 0.15) is 18.1 Å². The van der Waals surface area contributed by atoms with E-state index in [1.165, 1.54) is 5.56 Å². The van der Waals surface area contributed by atoms with Crippen molar-refractivity contribution < 1.29 is 9.47 Å². The van der Waals surface area contributed by atoms with Crippen LogP contribution in [0.1, 0.15) is 12.0 Å². The van der Waals surface area contributed by atoms with E-state index < -0.39 is 0 Å².